The monoisotopic (exact) mass is 278 g/mol. The Morgan fingerprint density at radius 3 is 2.79 bits per heavy atom. The van der Waals surface area contributed by atoms with Gasteiger partial charge in [0, 0.05) is 31.4 Å². The molecule has 19 heavy (non-hydrogen) atoms. The number of nitrogens with zero attached hydrogens (tertiary/aromatic N) is 3. The maximum atomic E-state index is 6.31. The van der Waals surface area contributed by atoms with Crippen molar-refractivity contribution in [1.29, 1.82) is 0 Å². The van der Waals surface area contributed by atoms with Crippen molar-refractivity contribution < 1.29 is 0 Å². The molecule has 0 bridgehead atoms. The van der Waals surface area contributed by atoms with Gasteiger partial charge in [0.15, 0.2) is 0 Å². The van der Waals surface area contributed by atoms with Crippen LogP contribution in [0.4, 0.5) is 0 Å². The Bertz CT molecular complexity index is 577. The first kappa shape index (κ1) is 14.0. The van der Waals surface area contributed by atoms with Crippen LogP contribution < -0.4 is 5.73 Å². The molecule has 0 aromatic carbocycles. The van der Waals surface area contributed by atoms with Gasteiger partial charge in [-0.3, -0.25) is 9.67 Å². The highest BCUT2D eigenvalue weighted by atomic mass is 35.5. The van der Waals surface area contributed by atoms with Gasteiger partial charge in [-0.1, -0.05) is 11.6 Å². The molecule has 1 unspecified atom stereocenters. The zero-order valence-electron chi connectivity index (χ0n) is 11.5. The highest BCUT2D eigenvalue weighted by Crippen LogP contribution is 2.26. The van der Waals surface area contributed by atoms with Gasteiger partial charge >= 0.3 is 0 Å². The summed E-state index contributed by atoms with van der Waals surface area (Å²) in [5.74, 6) is 0. The predicted molar refractivity (Wildman–Crippen MR) is 77.3 cm³/mol. The van der Waals surface area contributed by atoms with Crippen molar-refractivity contribution >= 4 is 11.6 Å². The molecular formula is C14H19ClN4. The van der Waals surface area contributed by atoms with Crippen molar-refractivity contribution in [2.75, 3.05) is 0 Å². The summed E-state index contributed by atoms with van der Waals surface area (Å²) in [5.41, 5.74) is 10.4. The molecule has 2 heterocycles. The van der Waals surface area contributed by atoms with Crippen molar-refractivity contribution in [2.45, 2.75) is 39.8 Å². The lowest BCUT2D eigenvalue weighted by Crippen LogP contribution is -2.17. The topological polar surface area (TPSA) is 56.7 Å². The zero-order valence-corrected chi connectivity index (χ0v) is 12.3. The highest BCUT2D eigenvalue weighted by molar-refractivity contribution is 6.31. The molecular weight excluding hydrogens is 260 g/mol. The van der Waals surface area contributed by atoms with Crippen LogP contribution in [0.3, 0.4) is 0 Å². The summed E-state index contributed by atoms with van der Waals surface area (Å²) in [6.45, 7) is 6.79. The minimum atomic E-state index is -0.0955. The Hall–Kier alpha value is -1.39. The van der Waals surface area contributed by atoms with Crippen molar-refractivity contribution in [3.05, 3.63) is 46.0 Å². The van der Waals surface area contributed by atoms with E-state index in [9.17, 15) is 0 Å². The summed E-state index contributed by atoms with van der Waals surface area (Å²) in [6, 6.07) is 1.87. The fourth-order valence-corrected chi connectivity index (χ4v) is 2.49. The molecule has 4 nitrogen and oxygen atoms in total. The molecule has 2 aromatic heterocycles. The fraction of sp³-hybridized carbons (Fsp3) is 0.429. The summed E-state index contributed by atoms with van der Waals surface area (Å²) in [5, 5.41) is 5.14. The third-order valence-corrected chi connectivity index (χ3v) is 3.82. The summed E-state index contributed by atoms with van der Waals surface area (Å²) in [7, 11) is 0. The van der Waals surface area contributed by atoms with E-state index >= 15 is 0 Å². The van der Waals surface area contributed by atoms with E-state index < -0.39 is 0 Å². The lowest BCUT2D eigenvalue weighted by atomic mass is 10.00. The largest absolute Gasteiger partial charge is 0.324 e. The van der Waals surface area contributed by atoms with Crippen molar-refractivity contribution in [3.63, 3.8) is 0 Å². The fourth-order valence-electron chi connectivity index (χ4n) is 2.28. The second kappa shape index (κ2) is 5.72. The number of hydrogen-bond acceptors (Lipinski definition) is 3. The van der Waals surface area contributed by atoms with Gasteiger partial charge in [-0.25, -0.2) is 0 Å². The maximum absolute atomic E-state index is 6.31. The van der Waals surface area contributed by atoms with Gasteiger partial charge in [0.05, 0.1) is 16.4 Å². The van der Waals surface area contributed by atoms with Crippen LogP contribution in [0.2, 0.25) is 5.02 Å². The molecule has 2 aromatic rings. The lowest BCUT2D eigenvalue weighted by Gasteiger charge is -2.15. The van der Waals surface area contributed by atoms with Crippen molar-refractivity contribution in [1.82, 2.24) is 14.8 Å². The SMILES string of the molecule is CCn1nc(C)c(Cl)c1CC(N)c1ccncc1C. The first-order chi connectivity index (χ1) is 9.04. The quantitative estimate of drug-likeness (QED) is 0.936. The van der Waals surface area contributed by atoms with Gasteiger partial charge in [0.1, 0.15) is 0 Å². The van der Waals surface area contributed by atoms with Crippen molar-refractivity contribution in [2.24, 2.45) is 5.73 Å². The minimum Gasteiger partial charge on any atom is -0.324 e. The van der Waals surface area contributed by atoms with E-state index in [1.165, 1.54) is 0 Å². The zero-order chi connectivity index (χ0) is 14.0. The Kier molecular flexibility index (Phi) is 4.22. The summed E-state index contributed by atoms with van der Waals surface area (Å²) >= 11 is 6.31. The van der Waals surface area contributed by atoms with Crippen LogP contribution in [0.15, 0.2) is 18.5 Å². The van der Waals surface area contributed by atoms with Crippen LogP contribution in [-0.4, -0.2) is 14.8 Å². The molecule has 0 fully saturated rings. The highest BCUT2D eigenvalue weighted by Gasteiger charge is 2.17. The smallest absolute Gasteiger partial charge is 0.0847 e. The second-order valence-electron chi connectivity index (χ2n) is 4.70. The molecule has 0 radical (unpaired) electrons. The van der Waals surface area contributed by atoms with Gasteiger partial charge in [-0.2, -0.15) is 5.10 Å². The average molecular weight is 279 g/mol. The Morgan fingerprint density at radius 2 is 2.16 bits per heavy atom. The molecule has 0 aliphatic heterocycles. The standard InChI is InChI=1S/C14H19ClN4/c1-4-19-13(14(15)10(3)18-19)7-12(16)11-5-6-17-8-9(11)2/h5-6,8,12H,4,7,16H2,1-3H3. The number of halogens is 1. The molecule has 0 saturated heterocycles. The van der Waals surface area contributed by atoms with Gasteiger partial charge in [-0.05, 0) is 38.0 Å². The lowest BCUT2D eigenvalue weighted by molar-refractivity contribution is 0.586. The molecule has 0 spiro atoms. The minimum absolute atomic E-state index is 0.0955. The van der Waals surface area contributed by atoms with Crippen LogP contribution in [0.5, 0.6) is 0 Å². The molecule has 0 amide bonds. The first-order valence-corrected chi connectivity index (χ1v) is 6.80. The predicted octanol–water partition coefficient (Wildman–Crippen LogP) is 2.81. The average Bonchev–Trinajstić information content (AvgIpc) is 2.67. The van der Waals surface area contributed by atoms with Crippen LogP contribution in [0.1, 0.15) is 35.5 Å². The normalized spacial score (nSPS) is 12.7. The van der Waals surface area contributed by atoms with E-state index in [-0.39, 0.29) is 6.04 Å². The summed E-state index contributed by atoms with van der Waals surface area (Å²) < 4.78 is 1.92. The third-order valence-electron chi connectivity index (χ3n) is 3.33. The number of aryl methyl sites for hydroxylation is 3. The van der Waals surface area contributed by atoms with Crippen LogP contribution in [0.25, 0.3) is 0 Å². The van der Waals surface area contributed by atoms with Crippen LogP contribution in [0, 0.1) is 13.8 Å². The maximum Gasteiger partial charge on any atom is 0.0847 e. The first-order valence-electron chi connectivity index (χ1n) is 6.42. The molecule has 102 valence electrons. The van der Waals surface area contributed by atoms with Crippen molar-refractivity contribution in [3.8, 4) is 0 Å². The van der Waals surface area contributed by atoms with Crippen LogP contribution in [-0.2, 0) is 13.0 Å². The van der Waals surface area contributed by atoms with E-state index in [4.69, 9.17) is 17.3 Å². The van der Waals surface area contributed by atoms with E-state index in [0.717, 1.165) is 34.1 Å². The van der Waals surface area contributed by atoms with Gasteiger partial charge < -0.3 is 5.73 Å². The number of hydrogen-bond donors (Lipinski definition) is 1. The van der Waals surface area contributed by atoms with Crippen LogP contribution >= 0.6 is 11.6 Å². The molecule has 5 heteroatoms. The van der Waals surface area contributed by atoms with E-state index in [1.807, 2.05) is 30.8 Å². The molecule has 2 rings (SSSR count). The third kappa shape index (κ3) is 2.80. The Labute approximate surface area is 118 Å². The van der Waals surface area contributed by atoms with Gasteiger partial charge in [0.25, 0.3) is 0 Å². The molecule has 2 N–H and O–H groups in total. The van der Waals surface area contributed by atoms with E-state index in [0.29, 0.717) is 6.42 Å². The van der Waals surface area contributed by atoms with Gasteiger partial charge in [0.2, 0.25) is 0 Å². The second-order valence-corrected chi connectivity index (χ2v) is 5.08. The van der Waals surface area contributed by atoms with Gasteiger partial charge in [-0.15, -0.1) is 0 Å². The molecule has 0 aliphatic carbocycles. The van der Waals surface area contributed by atoms with E-state index in [1.54, 1.807) is 6.20 Å². The molecule has 0 saturated carbocycles. The summed E-state index contributed by atoms with van der Waals surface area (Å²) in [4.78, 5) is 4.09. The number of nitrogens with two attached hydrogens (primary N) is 1. The number of rotatable bonds is 4. The molecule has 0 aliphatic rings. The molecule has 1 atom stereocenters. The Morgan fingerprint density at radius 1 is 1.42 bits per heavy atom. The Balaban J connectivity index is 2.29. The number of pyridine rings is 1. The summed E-state index contributed by atoms with van der Waals surface area (Å²) in [6.07, 6.45) is 4.28. The number of aromatic nitrogens is 3. The van der Waals surface area contributed by atoms with E-state index in [2.05, 4.69) is 17.0 Å².